The third-order valence-corrected chi connectivity index (χ3v) is 4.28. The summed E-state index contributed by atoms with van der Waals surface area (Å²) in [4.78, 5) is 7.61. The van der Waals surface area contributed by atoms with Crippen LogP contribution in [0.5, 0.6) is 0 Å². The van der Waals surface area contributed by atoms with Gasteiger partial charge in [-0.25, -0.2) is 13.8 Å². The maximum atomic E-state index is 13.4. The first kappa shape index (κ1) is 17.0. The van der Waals surface area contributed by atoms with E-state index in [4.69, 9.17) is 0 Å². The van der Waals surface area contributed by atoms with Gasteiger partial charge in [0.15, 0.2) is 11.6 Å². The quantitative estimate of drug-likeness (QED) is 0.512. The van der Waals surface area contributed by atoms with E-state index in [1.807, 2.05) is 42.5 Å². The summed E-state index contributed by atoms with van der Waals surface area (Å²) in [5.41, 5.74) is 4.37. The molecule has 1 N–H and O–H groups in total. The van der Waals surface area contributed by atoms with Crippen molar-refractivity contribution in [1.29, 1.82) is 0 Å². The van der Waals surface area contributed by atoms with Gasteiger partial charge in [-0.3, -0.25) is 0 Å². The standard InChI is InChI=1S/C23H16F2N2/c24-21-10-9-17(13-22(21)25)11-18-12-19-14-20(27-23(19)26-15-18)8-4-7-16-5-2-1-3-6-16/h1-3,5-6,9-10,12-15H,7,11H2,(H,26,27). The molecule has 0 saturated heterocycles. The van der Waals surface area contributed by atoms with E-state index in [1.54, 1.807) is 12.3 Å². The molecule has 2 nitrogen and oxygen atoms in total. The molecule has 27 heavy (non-hydrogen) atoms. The summed E-state index contributed by atoms with van der Waals surface area (Å²) >= 11 is 0. The van der Waals surface area contributed by atoms with Crippen LogP contribution in [0.25, 0.3) is 11.0 Å². The molecule has 0 saturated carbocycles. The summed E-state index contributed by atoms with van der Waals surface area (Å²) in [6.45, 7) is 0. The molecule has 2 aromatic carbocycles. The minimum absolute atomic E-state index is 0.486. The third-order valence-electron chi connectivity index (χ3n) is 4.28. The molecule has 0 aliphatic heterocycles. The second kappa shape index (κ2) is 7.43. The number of H-pyrrole nitrogens is 1. The van der Waals surface area contributed by atoms with E-state index in [9.17, 15) is 8.78 Å². The molecule has 2 aromatic heterocycles. The van der Waals surface area contributed by atoms with Crippen LogP contribution in [0.4, 0.5) is 8.78 Å². The molecule has 132 valence electrons. The fourth-order valence-electron chi connectivity index (χ4n) is 2.95. The molecule has 0 amide bonds. The highest BCUT2D eigenvalue weighted by molar-refractivity contribution is 5.78. The van der Waals surface area contributed by atoms with Gasteiger partial charge in [0, 0.05) is 18.0 Å². The average Bonchev–Trinajstić information content (AvgIpc) is 3.08. The summed E-state index contributed by atoms with van der Waals surface area (Å²) in [5.74, 6) is 4.62. The molecule has 0 bridgehead atoms. The number of aromatic amines is 1. The fourth-order valence-corrected chi connectivity index (χ4v) is 2.95. The predicted octanol–water partition coefficient (Wildman–Crippen LogP) is 5.03. The van der Waals surface area contributed by atoms with Gasteiger partial charge in [0.2, 0.25) is 0 Å². The lowest BCUT2D eigenvalue weighted by atomic mass is 10.1. The molecular formula is C23H16F2N2. The Balaban J connectivity index is 1.52. The van der Waals surface area contributed by atoms with E-state index in [0.717, 1.165) is 28.4 Å². The zero-order valence-corrected chi connectivity index (χ0v) is 14.5. The van der Waals surface area contributed by atoms with Crippen molar-refractivity contribution in [2.75, 3.05) is 0 Å². The first-order valence-electron chi connectivity index (χ1n) is 8.62. The van der Waals surface area contributed by atoms with Crippen molar-refractivity contribution < 1.29 is 8.78 Å². The summed E-state index contributed by atoms with van der Waals surface area (Å²) in [7, 11) is 0. The number of pyridine rings is 1. The van der Waals surface area contributed by atoms with Gasteiger partial charge in [-0.05, 0) is 53.3 Å². The van der Waals surface area contributed by atoms with E-state index in [1.165, 1.54) is 11.6 Å². The SMILES string of the molecule is Fc1ccc(Cc2cnc3[nH]c(C#CCc4ccccc4)cc3c2)cc1F. The molecule has 0 aliphatic carbocycles. The molecule has 0 unspecified atom stereocenters. The molecule has 4 heteroatoms. The monoisotopic (exact) mass is 358 g/mol. The number of nitrogens with zero attached hydrogens (tertiary/aromatic N) is 1. The molecule has 2 heterocycles. The molecule has 0 radical (unpaired) electrons. The summed E-state index contributed by atoms with van der Waals surface area (Å²) in [5, 5.41) is 0.944. The zero-order chi connectivity index (χ0) is 18.6. The van der Waals surface area contributed by atoms with E-state index < -0.39 is 11.6 Å². The number of aromatic nitrogens is 2. The van der Waals surface area contributed by atoms with Crippen LogP contribution in [0.2, 0.25) is 0 Å². The van der Waals surface area contributed by atoms with Crippen LogP contribution in [0, 0.1) is 23.5 Å². The van der Waals surface area contributed by atoms with Crippen molar-refractivity contribution in [3.05, 3.63) is 101 Å². The second-order valence-electron chi connectivity index (χ2n) is 6.35. The first-order valence-corrected chi connectivity index (χ1v) is 8.62. The topological polar surface area (TPSA) is 28.7 Å². The van der Waals surface area contributed by atoms with Crippen LogP contribution >= 0.6 is 0 Å². The Morgan fingerprint density at radius 1 is 0.852 bits per heavy atom. The smallest absolute Gasteiger partial charge is 0.159 e. The summed E-state index contributed by atoms with van der Waals surface area (Å²) in [6.07, 6.45) is 2.91. The van der Waals surface area contributed by atoms with Gasteiger partial charge in [-0.2, -0.15) is 0 Å². The molecule has 0 spiro atoms. The Bertz CT molecular complexity index is 1150. The highest BCUT2D eigenvalue weighted by Gasteiger charge is 2.06. The third kappa shape index (κ3) is 4.04. The summed E-state index contributed by atoms with van der Waals surface area (Å²) < 4.78 is 26.4. The Morgan fingerprint density at radius 2 is 1.70 bits per heavy atom. The lowest BCUT2D eigenvalue weighted by Gasteiger charge is -2.02. The Morgan fingerprint density at radius 3 is 2.52 bits per heavy atom. The Labute approximate surface area is 155 Å². The lowest BCUT2D eigenvalue weighted by molar-refractivity contribution is 0.507. The highest BCUT2D eigenvalue weighted by atomic mass is 19.2. The number of nitrogens with one attached hydrogen (secondary N) is 1. The lowest BCUT2D eigenvalue weighted by Crippen LogP contribution is -1.92. The van der Waals surface area contributed by atoms with Gasteiger partial charge < -0.3 is 4.98 Å². The molecule has 4 aromatic rings. The average molecular weight is 358 g/mol. The Hall–Kier alpha value is -3.45. The maximum Gasteiger partial charge on any atom is 0.159 e. The van der Waals surface area contributed by atoms with Crippen molar-refractivity contribution >= 4 is 11.0 Å². The van der Waals surface area contributed by atoms with E-state index >= 15 is 0 Å². The van der Waals surface area contributed by atoms with Crippen LogP contribution < -0.4 is 0 Å². The number of rotatable bonds is 3. The van der Waals surface area contributed by atoms with Crippen LogP contribution in [0.15, 0.2) is 66.9 Å². The van der Waals surface area contributed by atoms with Crippen LogP contribution in [0.3, 0.4) is 0 Å². The fraction of sp³-hybridized carbons (Fsp3) is 0.0870. The zero-order valence-electron chi connectivity index (χ0n) is 14.5. The highest BCUT2D eigenvalue weighted by Crippen LogP contribution is 2.18. The van der Waals surface area contributed by atoms with Crippen molar-refractivity contribution in [2.45, 2.75) is 12.8 Å². The van der Waals surface area contributed by atoms with Crippen LogP contribution in [0.1, 0.15) is 22.4 Å². The second-order valence-corrected chi connectivity index (χ2v) is 6.35. The number of hydrogen-bond donors (Lipinski definition) is 1. The van der Waals surface area contributed by atoms with Crippen molar-refractivity contribution in [3.8, 4) is 11.8 Å². The number of benzene rings is 2. The summed E-state index contributed by atoms with van der Waals surface area (Å²) in [6, 6.07) is 18.0. The predicted molar refractivity (Wildman–Crippen MR) is 102 cm³/mol. The number of fused-ring (bicyclic) bond motifs is 1. The number of halogens is 2. The molecule has 4 rings (SSSR count). The minimum atomic E-state index is -0.836. The van der Waals surface area contributed by atoms with Gasteiger partial charge >= 0.3 is 0 Å². The molecule has 0 aliphatic rings. The van der Waals surface area contributed by atoms with E-state index in [-0.39, 0.29) is 0 Å². The van der Waals surface area contributed by atoms with Crippen molar-refractivity contribution in [2.24, 2.45) is 0 Å². The van der Waals surface area contributed by atoms with Crippen molar-refractivity contribution in [3.63, 3.8) is 0 Å². The first-order chi connectivity index (χ1) is 13.2. The van der Waals surface area contributed by atoms with Gasteiger partial charge in [0.25, 0.3) is 0 Å². The minimum Gasteiger partial charge on any atom is -0.333 e. The maximum absolute atomic E-state index is 13.4. The van der Waals surface area contributed by atoms with Gasteiger partial charge in [-0.15, -0.1) is 0 Å². The largest absolute Gasteiger partial charge is 0.333 e. The van der Waals surface area contributed by atoms with Crippen molar-refractivity contribution in [1.82, 2.24) is 9.97 Å². The molecular weight excluding hydrogens is 342 g/mol. The van der Waals surface area contributed by atoms with Crippen LogP contribution in [-0.2, 0) is 12.8 Å². The van der Waals surface area contributed by atoms with Crippen LogP contribution in [-0.4, -0.2) is 9.97 Å². The van der Waals surface area contributed by atoms with Gasteiger partial charge in [0.1, 0.15) is 5.65 Å². The Kier molecular flexibility index (Phi) is 4.67. The number of hydrogen-bond acceptors (Lipinski definition) is 1. The van der Waals surface area contributed by atoms with E-state index in [2.05, 4.69) is 21.8 Å². The molecule has 0 atom stereocenters. The van der Waals surface area contributed by atoms with Gasteiger partial charge in [-0.1, -0.05) is 42.3 Å². The van der Waals surface area contributed by atoms with E-state index in [0.29, 0.717) is 18.4 Å². The normalized spacial score (nSPS) is 10.6. The van der Waals surface area contributed by atoms with Gasteiger partial charge in [0.05, 0.1) is 5.69 Å². The molecule has 0 fully saturated rings.